The zero-order chi connectivity index (χ0) is 13.9. The Bertz CT molecular complexity index is 616. The van der Waals surface area contributed by atoms with E-state index in [2.05, 4.69) is 10.3 Å². The Balaban J connectivity index is 1.84. The van der Waals surface area contributed by atoms with Gasteiger partial charge in [0.05, 0.1) is 23.3 Å². The van der Waals surface area contributed by atoms with Crippen LogP contribution in [-0.4, -0.2) is 22.0 Å². The van der Waals surface area contributed by atoms with Crippen LogP contribution in [0.4, 0.5) is 0 Å². The fraction of sp³-hybridized carbons (Fsp3) is 0.333. The van der Waals surface area contributed by atoms with E-state index in [-0.39, 0.29) is 5.91 Å². The largest absolute Gasteiger partial charge is 0.352 e. The second-order valence-corrected chi connectivity index (χ2v) is 5.15. The standard InChI is InChI=1S/C15H18N4O/c16-7-12-9-19(10-18-12)14-4-2-1-3-13(14)15(20)17-8-11-5-6-11/h1-4,9-11H,5-8,16H2,(H,17,20). The van der Waals surface area contributed by atoms with Gasteiger partial charge in [0.15, 0.2) is 0 Å². The molecule has 0 saturated heterocycles. The zero-order valence-electron chi connectivity index (χ0n) is 11.2. The molecule has 0 radical (unpaired) electrons. The smallest absolute Gasteiger partial charge is 0.253 e. The quantitative estimate of drug-likeness (QED) is 0.864. The molecule has 1 fully saturated rings. The summed E-state index contributed by atoms with van der Waals surface area (Å²) in [6.07, 6.45) is 5.99. The van der Waals surface area contributed by atoms with Crippen molar-refractivity contribution in [1.82, 2.24) is 14.9 Å². The molecule has 2 aromatic rings. The molecule has 3 N–H and O–H groups in total. The number of rotatable bonds is 5. The van der Waals surface area contributed by atoms with Crippen LogP contribution >= 0.6 is 0 Å². The molecule has 0 bridgehead atoms. The van der Waals surface area contributed by atoms with Crippen molar-refractivity contribution >= 4 is 5.91 Å². The molecular formula is C15H18N4O. The maximum Gasteiger partial charge on any atom is 0.253 e. The van der Waals surface area contributed by atoms with Crippen molar-refractivity contribution in [2.24, 2.45) is 11.7 Å². The van der Waals surface area contributed by atoms with Gasteiger partial charge in [0, 0.05) is 19.3 Å². The molecule has 0 atom stereocenters. The number of carbonyl (C=O) groups excluding carboxylic acids is 1. The minimum Gasteiger partial charge on any atom is -0.352 e. The second-order valence-electron chi connectivity index (χ2n) is 5.15. The highest BCUT2D eigenvalue weighted by molar-refractivity contribution is 5.97. The summed E-state index contributed by atoms with van der Waals surface area (Å²) in [7, 11) is 0. The molecule has 1 aliphatic rings. The first-order valence-corrected chi connectivity index (χ1v) is 6.88. The van der Waals surface area contributed by atoms with Gasteiger partial charge in [-0.25, -0.2) is 4.98 Å². The number of nitrogens with two attached hydrogens (primary N) is 1. The number of hydrogen-bond donors (Lipinski definition) is 2. The number of benzene rings is 1. The Morgan fingerprint density at radius 2 is 2.20 bits per heavy atom. The highest BCUT2D eigenvalue weighted by atomic mass is 16.1. The first kappa shape index (κ1) is 12.9. The number of amides is 1. The SMILES string of the molecule is NCc1cn(-c2ccccc2C(=O)NCC2CC2)cn1. The van der Waals surface area contributed by atoms with E-state index in [1.54, 1.807) is 6.33 Å². The molecule has 0 aliphatic heterocycles. The van der Waals surface area contributed by atoms with Gasteiger partial charge in [0.25, 0.3) is 5.91 Å². The topological polar surface area (TPSA) is 72.9 Å². The third-order valence-electron chi connectivity index (χ3n) is 3.52. The van der Waals surface area contributed by atoms with Crippen LogP contribution in [0, 0.1) is 5.92 Å². The average Bonchev–Trinajstić information content (AvgIpc) is 3.20. The Morgan fingerprint density at radius 3 is 2.90 bits per heavy atom. The number of para-hydroxylation sites is 1. The monoisotopic (exact) mass is 270 g/mol. The Morgan fingerprint density at radius 1 is 1.40 bits per heavy atom. The van der Waals surface area contributed by atoms with E-state index >= 15 is 0 Å². The van der Waals surface area contributed by atoms with Crippen molar-refractivity contribution in [2.75, 3.05) is 6.54 Å². The molecule has 1 heterocycles. The number of aromatic nitrogens is 2. The van der Waals surface area contributed by atoms with Gasteiger partial charge in [0.1, 0.15) is 0 Å². The van der Waals surface area contributed by atoms with Crippen molar-refractivity contribution in [1.29, 1.82) is 0 Å². The van der Waals surface area contributed by atoms with Crippen LogP contribution in [0.15, 0.2) is 36.8 Å². The number of nitrogens with one attached hydrogen (secondary N) is 1. The molecule has 104 valence electrons. The molecule has 5 nitrogen and oxygen atoms in total. The van der Waals surface area contributed by atoms with Crippen molar-refractivity contribution in [3.8, 4) is 5.69 Å². The molecular weight excluding hydrogens is 252 g/mol. The lowest BCUT2D eigenvalue weighted by molar-refractivity contribution is 0.0952. The average molecular weight is 270 g/mol. The van der Waals surface area contributed by atoms with Crippen molar-refractivity contribution in [2.45, 2.75) is 19.4 Å². The highest BCUT2D eigenvalue weighted by Gasteiger charge is 2.22. The van der Waals surface area contributed by atoms with E-state index in [1.165, 1.54) is 12.8 Å². The van der Waals surface area contributed by atoms with Crippen LogP contribution in [0.3, 0.4) is 0 Å². The third kappa shape index (κ3) is 2.72. The predicted molar refractivity (Wildman–Crippen MR) is 76.5 cm³/mol. The highest BCUT2D eigenvalue weighted by Crippen LogP contribution is 2.27. The molecule has 0 unspecified atom stereocenters. The Kier molecular flexibility index (Phi) is 3.52. The summed E-state index contributed by atoms with van der Waals surface area (Å²) >= 11 is 0. The predicted octanol–water partition coefficient (Wildman–Crippen LogP) is 1.47. The summed E-state index contributed by atoms with van der Waals surface area (Å²) in [6.45, 7) is 1.16. The number of carbonyl (C=O) groups is 1. The lowest BCUT2D eigenvalue weighted by Gasteiger charge is -2.10. The van der Waals surface area contributed by atoms with Crippen LogP contribution in [-0.2, 0) is 6.54 Å². The molecule has 1 aromatic carbocycles. The number of hydrogen-bond acceptors (Lipinski definition) is 3. The molecule has 1 aliphatic carbocycles. The minimum absolute atomic E-state index is 0.0319. The fourth-order valence-corrected chi connectivity index (χ4v) is 2.15. The Labute approximate surface area is 117 Å². The Hall–Kier alpha value is -2.14. The van der Waals surface area contributed by atoms with Crippen molar-refractivity contribution < 1.29 is 4.79 Å². The summed E-state index contributed by atoms with van der Waals surface area (Å²) in [4.78, 5) is 16.5. The van der Waals surface area contributed by atoms with Crippen LogP contribution < -0.4 is 11.1 Å². The van der Waals surface area contributed by atoms with Crippen molar-refractivity contribution in [3.63, 3.8) is 0 Å². The molecule has 1 saturated carbocycles. The molecule has 0 spiro atoms. The van der Waals surface area contributed by atoms with Crippen LogP contribution in [0.5, 0.6) is 0 Å². The van der Waals surface area contributed by atoms with Gasteiger partial charge >= 0.3 is 0 Å². The van der Waals surface area contributed by atoms with Crippen LogP contribution in [0.25, 0.3) is 5.69 Å². The zero-order valence-corrected chi connectivity index (χ0v) is 11.2. The number of nitrogens with zero attached hydrogens (tertiary/aromatic N) is 2. The molecule has 5 heteroatoms. The minimum atomic E-state index is -0.0319. The van der Waals surface area contributed by atoms with Crippen molar-refractivity contribution in [3.05, 3.63) is 48.0 Å². The summed E-state index contributed by atoms with van der Waals surface area (Å²) in [5.41, 5.74) is 7.86. The van der Waals surface area contributed by atoms with Gasteiger partial charge in [-0.3, -0.25) is 4.79 Å². The van der Waals surface area contributed by atoms with E-state index in [0.29, 0.717) is 18.0 Å². The maximum atomic E-state index is 12.3. The van der Waals surface area contributed by atoms with Gasteiger partial charge in [-0.15, -0.1) is 0 Å². The normalized spacial score (nSPS) is 14.2. The fourth-order valence-electron chi connectivity index (χ4n) is 2.15. The first-order valence-electron chi connectivity index (χ1n) is 6.88. The third-order valence-corrected chi connectivity index (χ3v) is 3.52. The number of imidazole rings is 1. The van der Waals surface area contributed by atoms with E-state index in [0.717, 1.165) is 17.9 Å². The summed E-state index contributed by atoms with van der Waals surface area (Å²) in [5, 5.41) is 2.99. The van der Waals surface area contributed by atoms with E-state index < -0.39 is 0 Å². The lowest BCUT2D eigenvalue weighted by Crippen LogP contribution is -2.26. The van der Waals surface area contributed by atoms with Crippen LogP contribution in [0.1, 0.15) is 28.9 Å². The molecule has 1 amide bonds. The van der Waals surface area contributed by atoms with E-state index in [4.69, 9.17) is 5.73 Å². The molecule has 3 rings (SSSR count). The van der Waals surface area contributed by atoms with Gasteiger partial charge in [-0.05, 0) is 30.9 Å². The molecule has 20 heavy (non-hydrogen) atoms. The second kappa shape index (κ2) is 5.46. The van der Waals surface area contributed by atoms with Gasteiger partial charge in [-0.1, -0.05) is 12.1 Å². The lowest BCUT2D eigenvalue weighted by atomic mass is 10.1. The van der Waals surface area contributed by atoms with E-state index in [1.807, 2.05) is 35.0 Å². The van der Waals surface area contributed by atoms with Crippen LogP contribution in [0.2, 0.25) is 0 Å². The van der Waals surface area contributed by atoms with Gasteiger partial charge in [-0.2, -0.15) is 0 Å². The first-order chi connectivity index (χ1) is 9.78. The van der Waals surface area contributed by atoms with E-state index in [9.17, 15) is 4.79 Å². The molecule has 1 aromatic heterocycles. The van der Waals surface area contributed by atoms with Gasteiger partial charge in [0.2, 0.25) is 0 Å². The maximum absolute atomic E-state index is 12.3. The summed E-state index contributed by atoms with van der Waals surface area (Å²) in [5.74, 6) is 0.638. The summed E-state index contributed by atoms with van der Waals surface area (Å²) in [6, 6.07) is 7.53. The van der Waals surface area contributed by atoms with Gasteiger partial charge < -0.3 is 15.6 Å². The summed E-state index contributed by atoms with van der Waals surface area (Å²) < 4.78 is 1.84.